The van der Waals surface area contributed by atoms with Crippen LogP contribution in [0.1, 0.15) is 17.3 Å². The summed E-state index contributed by atoms with van der Waals surface area (Å²) >= 11 is 1.42. The summed E-state index contributed by atoms with van der Waals surface area (Å²) in [5, 5.41) is 5.51. The van der Waals surface area contributed by atoms with Crippen LogP contribution in [0.5, 0.6) is 5.75 Å². The van der Waals surface area contributed by atoms with Gasteiger partial charge in [0.1, 0.15) is 5.75 Å². The Morgan fingerprint density at radius 3 is 2.58 bits per heavy atom. The van der Waals surface area contributed by atoms with Crippen molar-refractivity contribution in [3.05, 3.63) is 66.7 Å². The highest BCUT2D eigenvalue weighted by Crippen LogP contribution is 2.22. The van der Waals surface area contributed by atoms with Crippen LogP contribution in [0.15, 0.2) is 66.1 Å². The number of hydrogen-bond acceptors (Lipinski definition) is 4. The van der Waals surface area contributed by atoms with Gasteiger partial charge in [0.15, 0.2) is 0 Å². The van der Waals surface area contributed by atoms with E-state index in [9.17, 15) is 9.59 Å². The van der Waals surface area contributed by atoms with E-state index in [0.717, 1.165) is 10.6 Å². The van der Waals surface area contributed by atoms with Crippen molar-refractivity contribution in [3.63, 3.8) is 0 Å². The van der Waals surface area contributed by atoms with Gasteiger partial charge in [-0.2, -0.15) is 0 Å². The second-order valence-corrected chi connectivity index (χ2v) is 6.33. The van der Waals surface area contributed by atoms with Crippen molar-refractivity contribution in [1.29, 1.82) is 0 Å². The molecule has 2 rings (SSSR count). The molecule has 0 spiro atoms. The Labute approximate surface area is 157 Å². The molecule has 0 unspecified atom stereocenters. The maximum absolute atomic E-state index is 12.2. The molecule has 0 atom stereocenters. The first-order valence-electron chi connectivity index (χ1n) is 8.27. The molecular formula is C20H22N2O3S. The first-order valence-corrected chi connectivity index (χ1v) is 9.26. The minimum Gasteiger partial charge on any atom is -0.494 e. The molecule has 2 aromatic rings. The smallest absolute Gasteiger partial charge is 0.253 e. The molecule has 0 aromatic heterocycles. The lowest BCUT2D eigenvalue weighted by molar-refractivity contribution is -0.113. The molecule has 0 saturated heterocycles. The zero-order chi connectivity index (χ0) is 18.8. The minimum absolute atomic E-state index is 0.173. The first-order chi connectivity index (χ1) is 12.6. The minimum atomic E-state index is -0.250. The number of rotatable bonds is 9. The molecule has 0 heterocycles. The van der Waals surface area contributed by atoms with Crippen molar-refractivity contribution in [1.82, 2.24) is 5.32 Å². The van der Waals surface area contributed by atoms with E-state index in [4.69, 9.17) is 4.74 Å². The van der Waals surface area contributed by atoms with Crippen LogP contribution in [0.25, 0.3) is 0 Å². The summed E-state index contributed by atoms with van der Waals surface area (Å²) in [7, 11) is 0. The average Bonchev–Trinajstić information content (AvgIpc) is 2.66. The van der Waals surface area contributed by atoms with E-state index in [1.807, 2.05) is 31.2 Å². The molecule has 0 aliphatic carbocycles. The van der Waals surface area contributed by atoms with Crippen LogP contribution in [0.2, 0.25) is 0 Å². The number of amides is 2. The summed E-state index contributed by atoms with van der Waals surface area (Å²) in [5.74, 6) is 0.630. The number of carbonyl (C=O) groups excluding carboxylic acids is 2. The van der Waals surface area contributed by atoms with Gasteiger partial charge in [-0.15, -0.1) is 18.3 Å². The summed E-state index contributed by atoms with van der Waals surface area (Å²) in [4.78, 5) is 25.4. The third kappa shape index (κ3) is 5.97. The fourth-order valence-corrected chi connectivity index (χ4v) is 2.88. The van der Waals surface area contributed by atoms with Crippen molar-refractivity contribution in [2.45, 2.75) is 11.8 Å². The van der Waals surface area contributed by atoms with Crippen LogP contribution in [-0.4, -0.2) is 30.7 Å². The van der Waals surface area contributed by atoms with Crippen molar-refractivity contribution in [2.75, 3.05) is 24.2 Å². The lowest BCUT2D eigenvalue weighted by Crippen LogP contribution is -2.25. The standard InChI is InChI=1S/C20H22N2O3S/c1-3-13-21-20(24)17-7-5-6-8-18(17)22-19(23)14-26-16-11-9-15(10-12-16)25-4-2/h3,5-12H,1,4,13-14H2,2H3,(H,21,24)(H,22,23). The molecule has 0 fully saturated rings. The van der Waals surface area contributed by atoms with E-state index < -0.39 is 0 Å². The SMILES string of the molecule is C=CCNC(=O)c1ccccc1NC(=O)CSc1ccc(OCC)cc1. The van der Waals surface area contributed by atoms with Gasteiger partial charge in [0.2, 0.25) is 5.91 Å². The summed E-state index contributed by atoms with van der Waals surface area (Å²) in [5.41, 5.74) is 0.917. The molecule has 136 valence electrons. The largest absolute Gasteiger partial charge is 0.494 e. The van der Waals surface area contributed by atoms with Crippen LogP contribution >= 0.6 is 11.8 Å². The number of nitrogens with one attached hydrogen (secondary N) is 2. The van der Waals surface area contributed by atoms with Crippen molar-refractivity contribution >= 4 is 29.3 Å². The molecule has 0 aliphatic heterocycles. The lowest BCUT2D eigenvalue weighted by Gasteiger charge is -2.11. The predicted molar refractivity (Wildman–Crippen MR) is 106 cm³/mol. The molecule has 2 aromatic carbocycles. The maximum Gasteiger partial charge on any atom is 0.253 e. The topological polar surface area (TPSA) is 67.4 Å². The van der Waals surface area contributed by atoms with E-state index in [1.165, 1.54) is 11.8 Å². The molecule has 5 nitrogen and oxygen atoms in total. The molecular weight excluding hydrogens is 348 g/mol. The Bertz CT molecular complexity index is 760. The van der Waals surface area contributed by atoms with E-state index >= 15 is 0 Å². The number of anilines is 1. The molecule has 0 aliphatic rings. The highest BCUT2D eigenvalue weighted by atomic mass is 32.2. The second kappa shape index (κ2) is 10.3. The van der Waals surface area contributed by atoms with E-state index in [2.05, 4.69) is 17.2 Å². The lowest BCUT2D eigenvalue weighted by atomic mass is 10.1. The Balaban J connectivity index is 1.93. The van der Waals surface area contributed by atoms with Crippen molar-refractivity contribution in [3.8, 4) is 5.75 Å². The number of thioether (sulfide) groups is 1. The summed E-state index contributed by atoms with van der Waals surface area (Å²) < 4.78 is 5.40. The van der Waals surface area contributed by atoms with Gasteiger partial charge in [0, 0.05) is 11.4 Å². The molecule has 6 heteroatoms. The van der Waals surface area contributed by atoms with Crippen LogP contribution in [0, 0.1) is 0 Å². The number of carbonyl (C=O) groups is 2. The van der Waals surface area contributed by atoms with Crippen molar-refractivity contribution in [2.24, 2.45) is 0 Å². The summed E-state index contributed by atoms with van der Waals surface area (Å²) in [6.45, 7) is 6.49. The Kier molecular flexibility index (Phi) is 7.76. The van der Waals surface area contributed by atoms with Gasteiger partial charge < -0.3 is 15.4 Å². The van der Waals surface area contributed by atoms with Crippen LogP contribution in [-0.2, 0) is 4.79 Å². The molecule has 2 amide bonds. The quantitative estimate of drug-likeness (QED) is 0.521. The van der Waals surface area contributed by atoms with Crippen LogP contribution < -0.4 is 15.4 Å². The second-order valence-electron chi connectivity index (χ2n) is 5.29. The number of hydrogen-bond donors (Lipinski definition) is 2. The zero-order valence-electron chi connectivity index (χ0n) is 14.7. The fourth-order valence-electron chi connectivity index (χ4n) is 2.18. The Morgan fingerprint density at radius 2 is 1.88 bits per heavy atom. The molecule has 0 saturated carbocycles. The average molecular weight is 370 g/mol. The molecule has 0 bridgehead atoms. The van der Waals surface area contributed by atoms with Crippen LogP contribution in [0.4, 0.5) is 5.69 Å². The highest BCUT2D eigenvalue weighted by Gasteiger charge is 2.12. The number of benzene rings is 2. The first kappa shape index (κ1) is 19.6. The van der Waals surface area contributed by atoms with Gasteiger partial charge in [-0.3, -0.25) is 9.59 Å². The van der Waals surface area contributed by atoms with Gasteiger partial charge >= 0.3 is 0 Å². The van der Waals surface area contributed by atoms with Gasteiger partial charge in [0.05, 0.1) is 23.6 Å². The maximum atomic E-state index is 12.2. The molecule has 26 heavy (non-hydrogen) atoms. The Morgan fingerprint density at radius 1 is 1.15 bits per heavy atom. The monoisotopic (exact) mass is 370 g/mol. The van der Waals surface area contributed by atoms with Crippen molar-refractivity contribution < 1.29 is 14.3 Å². The van der Waals surface area contributed by atoms with Gasteiger partial charge in [0.25, 0.3) is 5.91 Å². The van der Waals surface area contributed by atoms with Gasteiger partial charge in [-0.1, -0.05) is 18.2 Å². The fraction of sp³-hybridized carbons (Fsp3) is 0.200. The highest BCUT2D eigenvalue weighted by molar-refractivity contribution is 8.00. The normalized spacial score (nSPS) is 10.0. The summed E-state index contributed by atoms with van der Waals surface area (Å²) in [6, 6.07) is 14.5. The molecule has 2 N–H and O–H groups in total. The number of ether oxygens (including phenoxy) is 1. The molecule has 0 radical (unpaired) electrons. The van der Waals surface area contributed by atoms with Crippen LogP contribution in [0.3, 0.4) is 0 Å². The summed E-state index contributed by atoms with van der Waals surface area (Å²) in [6.07, 6.45) is 1.60. The van der Waals surface area contributed by atoms with E-state index in [-0.39, 0.29) is 17.6 Å². The predicted octanol–water partition coefficient (Wildman–Crippen LogP) is 3.73. The Hall–Kier alpha value is -2.73. The third-order valence-corrected chi connectivity index (χ3v) is 4.37. The van der Waals surface area contributed by atoms with E-state index in [0.29, 0.717) is 24.4 Å². The van der Waals surface area contributed by atoms with Gasteiger partial charge in [-0.25, -0.2) is 0 Å². The number of para-hydroxylation sites is 1. The van der Waals surface area contributed by atoms with E-state index in [1.54, 1.807) is 30.3 Å². The third-order valence-electron chi connectivity index (χ3n) is 3.36. The zero-order valence-corrected chi connectivity index (χ0v) is 15.5. The van der Waals surface area contributed by atoms with Gasteiger partial charge in [-0.05, 0) is 43.3 Å².